The van der Waals surface area contributed by atoms with Crippen molar-refractivity contribution in [1.29, 1.82) is 0 Å². The van der Waals surface area contributed by atoms with Gasteiger partial charge in [0.15, 0.2) is 17.9 Å². The lowest BCUT2D eigenvalue weighted by Crippen LogP contribution is -2.24. The van der Waals surface area contributed by atoms with Crippen molar-refractivity contribution in [3.05, 3.63) is 69.3 Å². The molecule has 126 valence electrons. The zero-order chi connectivity index (χ0) is 17.3. The molecule has 2 aromatic rings. The summed E-state index contributed by atoms with van der Waals surface area (Å²) in [5.41, 5.74) is 3.92. The van der Waals surface area contributed by atoms with E-state index in [9.17, 15) is 14.7 Å². The van der Waals surface area contributed by atoms with Crippen LogP contribution in [0.4, 0.5) is 0 Å². The molecule has 0 bridgehead atoms. The van der Waals surface area contributed by atoms with Crippen LogP contribution in [0.5, 0.6) is 0 Å². The van der Waals surface area contributed by atoms with Gasteiger partial charge in [0.25, 0.3) is 0 Å². The molecule has 1 saturated heterocycles. The molecule has 3 atom stereocenters. The maximum absolute atomic E-state index is 13.1. The number of carbonyl (C=O) groups excluding carboxylic acids is 2. The molecule has 1 N–H and O–H groups in total. The molecule has 0 saturated carbocycles. The Bertz CT molecular complexity index is 945. The van der Waals surface area contributed by atoms with Crippen LogP contribution in [0.1, 0.15) is 61.6 Å². The van der Waals surface area contributed by atoms with Gasteiger partial charge >= 0.3 is 0 Å². The zero-order valence-corrected chi connectivity index (χ0v) is 13.6. The van der Waals surface area contributed by atoms with Crippen molar-refractivity contribution in [3.8, 4) is 0 Å². The number of aliphatic hydroxyl groups is 1. The second-order valence-corrected chi connectivity index (χ2v) is 6.72. The number of hydrogen-bond donors (Lipinski definition) is 1. The second kappa shape index (κ2) is 5.08. The third-order valence-corrected chi connectivity index (χ3v) is 5.35. The Labute approximate surface area is 144 Å². The third-order valence-electron chi connectivity index (χ3n) is 5.35. The molecule has 0 radical (unpaired) electrons. The molecule has 5 nitrogen and oxygen atoms in total. The quantitative estimate of drug-likeness (QED) is 0.738. The Kier molecular flexibility index (Phi) is 3.04. The van der Waals surface area contributed by atoms with Gasteiger partial charge in [-0.1, -0.05) is 24.3 Å². The van der Waals surface area contributed by atoms with Crippen molar-refractivity contribution in [3.63, 3.8) is 0 Å². The van der Waals surface area contributed by atoms with Gasteiger partial charge in [-0.2, -0.15) is 0 Å². The summed E-state index contributed by atoms with van der Waals surface area (Å²) >= 11 is 0. The summed E-state index contributed by atoms with van der Waals surface area (Å²) in [6.07, 6.45) is -0.273. The Hall–Kier alpha value is -2.34. The maximum Gasteiger partial charge on any atom is 0.194 e. The molecule has 0 aromatic heterocycles. The van der Waals surface area contributed by atoms with Crippen LogP contribution in [0.15, 0.2) is 30.3 Å². The van der Waals surface area contributed by atoms with Crippen molar-refractivity contribution in [2.45, 2.75) is 38.4 Å². The van der Waals surface area contributed by atoms with Crippen molar-refractivity contribution >= 4 is 11.6 Å². The lowest BCUT2D eigenvalue weighted by Gasteiger charge is -2.23. The van der Waals surface area contributed by atoms with Gasteiger partial charge in [0.05, 0.1) is 12.7 Å². The summed E-state index contributed by atoms with van der Waals surface area (Å²) in [6.45, 7) is 1.62. The first-order valence-corrected chi connectivity index (χ1v) is 8.39. The number of benzene rings is 2. The van der Waals surface area contributed by atoms with Gasteiger partial charge in [-0.15, -0.1) is 0 Å². The fourth-order valence-corrected chi connectivity index (χ4v) is 4.36. The van der Waals surface area contributed by atoms with Gasteiger partial charge in [0.2, 0.25) is 0 Å². The van der Waals surface area contributed by atoms with E-state index < -0.39 is 0 Å². The van der Waals surface area contributed by atoms with E-state index in [1.54, 1.807) is 30.3 Å². The first kappa shape index (κ1) is 15.0. The standard InChI is InChI=1S/C20H16O5/c1-9-24-15-7-13-16(20(15)25-9)10(8-21)6-14-17(13)19(23)12-5-3-2-4-11(12)18(14)22/h2-6,9,15,20-21H,7-8H2,1H3. The van der Waals surface area contributed by atoms with E-state index in [0.29, 0.717) is 34.2 Å². The minimum atomic E-state index is -0.316. The molecule has 0 amide bonds. The summed E-state index contributed by atoms with van der Waals surface area (Å²) in [5, 5.41) is 9.84. The highest BCUT2D eigenvalue weighted by Gasteiger charge is 2.46. The third kappa shape index (κ3) is 1.88. The molecule has 1 heterocycles. The highest BCUT2D eigenvalue weighted by Crippen LogP contribution is 2.47. The van der Waals surface area contributed by atoms with Crippen molar-refractivity contribution < 1.29 is 24.2 Å². The van der Waals surface area contributed by atoms with Crippen LogP contribution in [-0.4, -0.2) is 29.1 Å². The highest BCUT2D eigenvalue weighted by molar-refractivity contribution is 6.29. The normalized spacial score (nSPS) is 26.2. The number of hydrogen-bond acceptors (Lipinski definition) is 5. The minimum absolute atomic E-state index is 0.140. The number of fused-ring (bicyclic) bond motifs is 6. The van der Waals surface area contributed by atoms with Crippen LogP contribution in [0.25, 0.3) is 0 Å². The number of ketones is 2. The Morgan fingerprint density at radius 1 is 1.08 bits per heavy atom. The van der Waals surface area contributed by atoms with E-state index in [2.05, 4.69) is 0 Å². The zero-order valence-electron chi connectivity index (χ0n) is 13.6. The fraction of sp³-hybridized carbons (Fsp3) is 0.300. The molecule has 2 aromatic carbocycles. The maximum atomic E-state index is 13.1. The first-order valence-electron chi connectivity index (χ1n) is 8.39. The predicted octanol–water partition coefficient (Wildman–Crippen LogP) is 2.31. The monoisotopic (exact) mass is 336 g/mol. The number of carbonyl (C=O) groups is 2. The lowest BCUT2D eigenvalue weighted by molar-refractivity contribution is -0.0534. The summed E-state index contributed by atoms with van der Waals surface area (Å²) in [7, 11) is 0. The van der Waals surface area contributed by atoms with E-state index in [0.717, 1.165) is 11.1 Å². The molecule has 2 aliphatic carbocycles. The van der Waals surface area contributed by atoms with Crippen LogP contribution in [0, 0.1) is 0 Å². The SMILES string of the molecule is CC1OC2Cc3c4c(cc(CO)c3C2O1)C(=O)c1ccccc1C4=O. The van der Waals surface area contributed by atoms with Crippen molar-refractivity contribution in [1.82, 2.24) is 0 Å². The molecule has 0 spiro atoms. The molecular weight excluding hydrogens is 320 g/mol. The van der Waals surface area contributed by atoms with Gasteiger partial charge in [0, 0.05) is 28.7 Å². The summed E-state index contributed by atoms with van der Waals surface area (Å²) in [6, 6.07) is 8.53. The number of ether oxygens (including phenoxy) is 2. The fourth-order valence-electron chi connectivity index (χ4n) is 4.36. The molecule has 1 fully saturated rings. The van der Waals surface area contributed by atoms with Gasteiger partial charge in [-0.05, 0) is 29.7 Å². The largest absolute Gasteiger partial charge is 0.392 e. The highest BCUT2D eigenvalue weighted by atomic mass is 16.7. The lowest BCUT2D eigenvalue weighted by atomic mass is 9.79. The molecule has 5 rings (SSSR count). The summed E-state index contributed by atoms with van der Waals surface area (Å²) in [4.78, 5) is 26.0. The van der Waals surface area contributed by atoms with E-state index in [4.69, 9.17) is 9.47 Å². The predicted molar refractivity (Wildman–Crippen MR) is 87.5 cm³/mol. The second-order valence-electron chi connectivity index (χ2n) is 6.72. The van der Waals surface area contributed by atoms with Crippen LogP contribution in [-0.2, 0) is 22.5 Å². The summed E-state index contributed by atoms with van der Waals surface area (Å²) in [5.74, 6) is -0.311. The van der Waals surface area contributed by atoms with Crippen LogP contribution < -0.4 is 0 Å². The first-order chi connectivity index (χ1) is 12.1. The van der Waals surface area contributed by atoms with E-state index >= 15 is 0 Å². The molecule has 5 heteroatoms. The molecule has 25 heavy (non-hydrogen) atoms. The van der Waals surface area contributed by atoms with Gasteiger partial charge in [0.1, 0.15) is 6.10 Å². The van der Waals surface area contributed by atoms with Gasteiger partial charge in [-0.25, -0.2) is 0 Å². The summed E-state index contributed by atoms with van der Waals surface area (Å²) < 4.78 is 11.6. The van der Waals surface area contributed by atoms with Crippen LogP contribution in [0.3, 0.4) is 0 Å². The average Bonchev–Trinajstić information content (AvgIpc) is 3.14. The number of aliphatic hydroxyl groups excluding tert-OH is 1. The average molecular weight is 336 g/mol. The molecule has 3 unspecified atom stereocenters. The number of rotatable bonds is 1. The van der Waals surface area contributed by atoms with Crippen molar-refractivity contribution in [2.24, 2.45) is 0 Å². The molecular formula is C20H16O5. The van der Waals surface area contributed by atoms with Crippen molar-refractivity contribution in [2.75, 3.05) is 0 Å². The van der Waals surface area contributed by atoms with E-state index in [1.165, 1.54) is 0 Å². The Morgan fingerprint density at radius 2 is 1.80 bits per heavy atom. The van der Waals surface area contributed by atoms with E-state index in [-0.39, 0.29) is 36.7 Å². The van der Waals surface area contributed by atoms with Crippen LogP contribution >= 0.6 is 0 Å². The Balaban J connectivity index is 1.77. The Morgan fingerprint density at radius 3 is 2.52 bits per heavy atom. The van der Waals surface area contributed by atoms with E-state index in [1.807, 2.05) is 6.92 Å². The van der Waals surface area contributed by atoms with Crippen LogP contribution in [0.2, 0.25) is 0 Å². The minimum Gasteiger partial charge on any atom is -0.392 e. The van der Waals surface area contributed by atoms with Gasteiger partial charge in [-0.3, -0.25) is 9.59 Å². The smallest absolute Gasteiger partial charge is 0.194 e. The molecule has 3 aliphatic rings. The van der Waals surface area contributed by atoms with Gasteiger partial charge < -0.3 is 14.6 Å². The topological polar surface area (TPSA) is 72.8 Å². The molecule has 1 aliphatic heterocycles.